The van der Waals surface area contributed by atoms with Crippen LogP contribution in [-0.2, 0) is 9.59 Å². The molecule has 4 nitrogen and oxygen atoms in total. The largest absolute Gasteiger partial charge is 0.478 e. The Balaban J connectivity index is 4.79. The maximum absolute atomic E-state index is 13.2. The molecule has 0 radical (unpaired) electrons. The maximum atomic E-state index is 13.2. The summed E-state index contributed by atoms with van der Waals surface area (Å²) in [5.41, 5.74) is -0.513. The average molecular weight is 217 g/mol. The summed E-state index contributed by atoms with van der Waals surface area (Å²) in [6.07, 6.45) is -0.0525. The standard InChI is InChI=1S/C10H16FNO3/c1-4-5-8(11)9(13)7(10(14)15)6-12(2)3/h6,8H,4-5H2,1-3H3,(H,14,15). The number of carboxylic acids is 1. The zero-order chi connectivity index (χ0) is 12.0. The van der Waals surface area contributed by atoms with Crippen LogP contribution in [0.2, 0.25) is 0 Å². The minimum Gasteiger partial charge on any atom is -0.478 e. The van der Waals surface area contributed by atoms with E-state index in [1.165, 1.54) is 4.90 Å². The van der Waals surface area contributed by atoms with Gasteiger partial charge in [-0.1, -0.05) is 13.3 Å². The minimum absolute atomic E-state index is 0.0525. The highest BCUT2D eigenvalue weighted by atomic mass is 19.1. The van der Waals surface area contributed by atoms with Crippen molar-refractivity contribution in [3.8, 4) is 0 Å². The molecule has 0 aromatic heterocycles. The summed E-state index contributed by atoms with van der Waals surface area (Å²) in [6, 6.07) is 0. The van der Waals surface area contributed by atoms with Gasteiger partial charge in [0.15, 0.2) is 6.17 Å². The number of nitrogens with zero attached hydrogens (tertiary/aromatic N) is 1. The van der Waals surface area contributed by atoms with Crippen molar-refractivity contribution >= 4 is 11.8 Å². The molecule has 1 N–H and O–H groups in total. The van der Waals surface area contributed by atoms with E-state index in [4.69, 9.17) is 5.11 Å². The first-order chi connectivity index (χ1) is 6.90. The van der Waals surface area contributed by atoms with E-state index >= 15 is 0 Å². The summed E-state index contributed by atoms with van der Waals surface area (Å²) in [5.74, 6) is -2.36. The Hall–Kier alpha value is -1.39. The van der Waals surface area contributed by atoms with Gasteiger partial charge in [-0.25, -0.2) is 9.18 Å². The van der Waals surface area contributed by atoms with Gasteiger partial charge < -0.3 is 10.0 Å². The zero-order valence-corrected chi connectivity index (χ0v) is 9.16. The van der Waals surface area contributed by atoms with Crippen molar-refractivity contribution in [3.63, 3.8) is 0 Å². The Bertz CT molecular complexity index is 274. The first kappa shape index (κ1) is 13.6. The predicted molar refractivity (Wildman–Crippen MR) is 54.2 cm³/mol. The van der Waals surface area contributed by atoms with Crippen LogP contribution < -0.4 is 0 Å². The highest BCUT2D eigenvalue weighted by Crippen LogP contribution is 2.10. The first-order valence-electron chi connectivity index (χ1n) is 4.70. The summed E-state index contributed by atoms with van der Waals surface area (Å²) < 4.78 is 13.2. The number of carboxylic acid groups (broad SMARTS) is 1. The van der Waals surface area contributed by atoms with Crippen LogP contribution in [0, 0.1) is 0 Å². The lowest BCUT2D eigenvalue weighted by atomic mass is 10.1. The van der Waals surface area contributed by atoms with Gasteiger partial charge in [-0.05, 0) is 6.42 Å². The fourth-order valence-corrected chi connectivity index (χ4v) is 1.04. The lowest BCUT2D eigenvalue weighted by Crippen LogP contribution is -2.24. The molecule has 0 aliphatic rings. The molecule has 0 amide bonds. The number of hydrogen-bond donors (Lipinski definition) is 1. The zero-order valence-electron chi connectivity index (χ0n) is 9.16. The van der Waals surface area contributed by atoms with Crippen LogP contribution in [0.1, 0.15) is 19.8 Å². The van der Waals surface area contributed by atoms with Gasteiger partial charge in [-0.15, -0.1) is 0 Å². The predicted octanol–water partition coefficient (Wildman–Crippen LogP) is 1.22. The van der Waals surface area contributed by atoms with Gasteiger partial charge >= 0.3 is 5.97 Å². The first-order valence-corrected chi connectivity index (χ1v) is 4.70. The summed E-state index contributed by atoms with van der Waals surface area (Å²) >= 11 is 0. The van der Waals surface area contributed by atoms with Gasteiger partial charge in [0, 0.05) is 20.3 Å². The van der Waals surface area contributed by atoms with Crippen molar-refractivity contribution in [2.75, 3.05) is 14.1 Å². The number of carbonyl (C=O) groups excluding carboxylic acids is 1. The second-order valence-electron chi connectivity index (χ2n) is 3.43. The van der Waals surface area contributed by atoms with Crippen LogP contribution in [0.3, 0.4) is 0 Å². The topological polar surface area (TPSA) is 57.6 Å². The lowest BCUT2D eigenvalue weighted by Gasteiger charge is -2.10. The third-order valence-corrected chi connectivity index (χ3v) is 1.71. The van der Waals surface area contributed by atoms with Crippen molar-refractivity contribution in [1.29, 1.82) is 0 Å². The van der Waals surface area contributed by atoms with Crippen LogP contribution in [0.25, 0.3) is 0 Å². The molecule has 0 fully saturated rings. The molecule has 1 unspecified atom stereocenters. The molecule has 0 aromatic rings. The number of halogens is 1. The van der Waals surface area contributed by atoms with Crippen molar-refractivity contribution in [3.05, 3.63) is 11.8 Å². The Morgan fingerprint density at radius 3 is 2.33 bits per heavy atom. The average Bonchev–Trinajstić information content (AvgIpc) is 2.12. The molecule has 0 rings (SSSR count). The molecular formula is C10H16FNO3. The molecule has 0 bridgehead atoms. The summed E-state index contributed by atoms with van der Waals surface area (Å²) in [5, 5.41) is 8.73. The van der Waals surface area contributed by atoms with Crippen LogP contribution in [0.5, 0.6) is 0 Å². The Morgan fingerprint density at radius 1 is 1.47 bits per heavy atom. The SMILES string of the molecule is CCCC(F)C(=O)C(=CN(C)C)C(=O)O. The molecule has 0 aromatic carbocycles. The molecule has 0 heterocycles. The van der Waals surface area contributed by atoms with Crippen LogP contribution in [0.4, 0.5) is 4.39 Å². The van der Waals surface area contributed by atoms with Crippen LogP contribution in [0.15, 0.2) is 11.8 Å². The normalized spacial score (nSPS) is 13.5. The van der Waals surface area contributed by atoms with Gasteiger partial charge in [0.25, 0.3) is 0 Å². The van der Waals surface area contributed by atoms with Gasteiger partial charge in [-0.2, -0.15) is 0 Å². The summed E-state index contributed by atoms with van der Waals surface area (Å²) in [4.78, 5) is 23.5. The number of rotatable bonds is 6. The van der Waals surface area contributed by atoms with Crippen LogP contribution in [-0.4, -0.2) is 42.0 Å². The molecule has 0 spiro atoms. The second kappa shape index (κ2) is 6.16. The van der Waals surface area contributed by atoms with Crippen molar-refractivity contribution in [2.24, 2.45) is 0 Å². The van der Waals surface area contributed by atoms with E-state index in [2.05, 4.69) is 0 Å². The molecule has 0 aliphatic carbocycles. The molecule has 0 saturated carbocycles. The monoisotopic (exact) mass is 217 g/mol. The fourth-order valence-electron chi connectivity index (χ4n) is 1.04. The fraction of sp³-hybridized carbons (Fsp3) is 0.600. The van der Waals surface area contributed by atoms with E-state index in [1.54, 1.807) is 21.0 Å². The smallest absolute Gasteiger partial charge is 0.340 e. The molecule has 0 aliphatic heterocycles. The number of Topliss-reactive ketones (excluding diaryl/α,β-unsaturated/α-hetero) is 1. The Morgan fingerprint density at radius 2 is 2.00 bits per heavy atom. The van der Waals surface area contributed by atoms with Gasteiger partial charge in [-0.3, -0.25) is 4.79 Å². The van der Waals surface area contributed by atoms with Gasteiger partial charge in [0.05, 0.1) is 0 Å². The molecular weight excluding hydrogens is 201 g/mol. The number of ketones is 1. The molecule has 5 heteroatoms. The van der Waals surface area contributed by atoms with Crippen LogP contribution >= 0.6 is 0 Å². The quantitative estimate of drug-likeness (QED) is 0.413. The van der Waals surface area contributed by atoms with E-state index in [-0.39, 0.29) is 6.42 Å². The number of aliphatic carboxylic acids is 1. The minimum atomic E-state index is -1.72. The van der Waals surface area contributed by atoms with E-state index in [0.29, 0.717) is 6.42 Å². The number of carbonyl (C=O) groups is 2. The van der Waals surface area contributed by atoms with E-state index in [1.807, 2.05) is 0 Å². The molecule has 0 saturated heterocycles. The van der Waals surface area contributed by atoms with Crippen molar-refractivity contribution in [1.82, 2.24) is 4.90 Å². The molecule has 15 heavy (non-hydrogen) atoms. The van der Waals surface area contributed by atoms with Gasteiger partial charge in [0.1, 0.15) is 5.57 Å². The van der Waals surface area contributed by atoms with Crippen molar-refractivity contribution in [2.45, 2.75) is 25.9 Å². The highest BCUT2D eigenvalue weighted by molar-refractivity contribution is 6.18. The Labute approximate surface area is 88.4 Å². The van der Waals surface area contributed by atoms with E-state index in [9.17, 15) is 14.0 Å². The maximum Gasteiger partial charge on any atom is 0.340 e. The number of hydrogen-bond acceptors (Lipinski definition) is 3. The summed E-state index contributed by atoms with van der Waals surface area (Å²) in [7, 11) is 3.15. The van der Waals surface area contributed by atoms with E-state index in [0.717, 1.165) is 6.20 Å². The summed E-state index contributed by atoms with van der Waals surface area (Å²) in [6.45, 7) is 1.73. The van der Waals surface area contributed by atoms with Gasteiger partial charge in [0.2, 0.25) is 5.78 Å². The van der Waals surface area contributed by atoms with E-state index < -0.39 is 23.5 Å². The lowest BCUT2D eigenvalue weighted by molar-refractivity contribution is -0.135. The molecule has 1 atom stereocenters. The number of alkyl halides is 1. The highest BCUT2D eigenvalue weighted by Gasteiger charge is 2.25. The Kier molecular flexibility index (Phi) is 5.59. The molecule has 86 valence electrons. The second-order valence-corrected chi connectivity index (χ2v) is 3.43. The third kappa shape index (κ3) is 4.58. The third-order valence-electron chi connectivity index (χ3n) is 1.71. The van der Waals surface area contributed by atoms with Crippen molar-refractivity contribution < 1.29 is 19.1 Å².